The lowest BCUT2D eigenvalue weighted by molar-refractivity contribution is 0.294. The predicted molar refractivity (Wildman–Crippen MR) is 76.3 cm³/mol. The first-order chi connectivity index (χ1) is 7.65. The number of ether oxygens (including phenoxy) is 1. The van der Waals surface area contributed by atoms with Crippen molar-refractivity contribution in [2.24, 2.45) is 0 Å². The summed E-state index contributed by atoms with van der Waals surface area (Å²) in [5, 5.41) is 0. The van der Waals surface area contributed by atoms with Crippen LogP contribution in [0.5, 0.6) is 5.75 Å². The fourth-order valence-corrected chi connectivity index (χ4v) is 1.53. The number of halogens is 1. The third-order valence-corrected chi connectivity index (χ3v) is 2.83. The minimum absolute atomic E-state index is 0. The predicted octanol–water partition coefficient (Wildman–Crippen LogP) is 3.39. The number of nitrogens with zero attached hydrogens (tertiary/aromatic N) is 1. The average molecular weight is 258 g/mol. The number of benzene rings is 1. The molecule has 0 aliphatic heterocycles. The largest absolute Gasteiger partial charge is 0.493 e. The third kappa shape index (κ3) is 5.42. The van der Waals surface area contributed by atoms with Crippen LogP contribution in [-0.4, -0.2) is 31.6 Å². The van der Waals surface area contributed by atoms with E-state index in [9.17, 15) is 0 Å². The van der Waals surface area contributed by atoms with Crippen LogP contribution in [0.1, 0.15) is 25.8 Å². The molecule has 0 N–H and O–H groups in total. The molecule has 2 nitrogen and oxygen atoms in total. The summed E-state index contributed by atoms with van der Waals surface area (Å²) in [7, 11) is 4.22. The van der Waals surface area contributed by atoms with E-state index in [2.05, 4.69) is 51.0 Å². The molecule has 0 aromatic heterocycles. The quantitative estimate of drug-likeness (QED) is 0.775. The van der Waals surface area contributed by atoms with Crippen molar-refractivity contribution in [1.82, 2.24) is 4.90 Å². The van der Waals surface area contributed by atoms with Crippen LogP contribution in [0.25, 0.3) is 0 Å². The molecule has 0 bridgehead atoms. The molecule has 1 aromatic rings. The van der Waals surface area contributed by atoms with E-state index in [1.807, 2.05) is 6.07 Å². The van der Waals surface area contributed by atoms with E-state index in [1.165, 1.54) is 5.56 Å². The molecule has 0 aliphatic rings. The van der Waals surface area contributed by atoms with Gasteiger partial charge in [-0.05, 0) is 45.5 Å². The fraction of sp³-hybridized carbons (Fsp3) is 0.571. The van der Waals surface area contributed by atoms with Gasteiger partial charge in [-0.3, -0.25) is 0 Å². The van der Waals surface area contributed by atoms with Gasteiger partial charge in [0.25, 0.3) is 0 Å². The van der Waals surface area contributed by atoms with E-state index in [-0.39, 0.29) is 12.4 Å². The van der Waals surface area contributed by atoms with Crippen LogP contribution >= 0.6 is 12.4 Å². The molecule has 1 aromatic carbocycles. The summed E-state index contributed by atoms with van der Waals surface area (Å²) in [6.45, 7) is 5.16. The molecule has 1 atom stereocenters. The Morgan fingerprint density at radius 2 is 1.88 bits per heavy atom. The number of likely N-dealkylation sites (N-methyl/N-ethyl adjacent to an activating group) is 1. The van der Waals surface area contributed by atoms with Crippen molar-refractivity contribution in [2.45, 2.75) is 32.7 Å². The van der Waals surface area contributed by atoms with Gasteiger partial charge in [-0.1, -0.05) is 25.1 Å². The maximum Gasteiger partial charge on any atom is 0.122 e. The van der Waals surface area contributed by atoms with Crippen molar-refractivity contribution in [3.63, 3.8) is 0 Å². The second-order valence-corrected chi connectivity index (χ2v) is 4.47. The van der Waals surface area contributed by atoms with Crippen molar-refractivity contribution in [2.75, 3.05) is 20.7 Å². The Morgan fingerprint density at radius 3 is 2.47 bits per heavy atom. The highest BCUT2D eigenvalue weighted by Crippen LogP contribution is 2.20. The standard InChI is InChI=1S/C14H23NO.ClH/c1-5-10-16-14-9-7-6-8-13(14)11-12(2)15(3)4;/h6-9,12H,5,10-11H2,1-4H3;1H. The van der Waals surface area contributed by atoms with Gasteiger partial charge < -0.3 is 9.64 Å². The average Bonchev–Trinajstić information content (AvgIpc) is 2.27. The zero-order valence-corrected chi connectivity index (χ0v) is 12.1. The molecule has 0 saturated carbocycles. The van der Waals surface area contributed by atoms with E-state index in [4.69, 9.17) is 4.74 Å². The lowest BCUT2D eigenvalue weighted by atomic mass is 10.1. The molecule has 0 fully saturated rings. The zero-order valence-electron chi connectivity index (χ0n) is 11.3. The first-order valence-electron chi connectivity index (χ1n) is 6.02. The highest BCUT2D eigenvalue weighted by atomic mass is 35.5. The van der Waals surface area contributed by atoms with Crippen LogP contribution in [0.3, 0.4) is 0 Å². The summed E-state index contributed by atoms with van der Waals surface area (Å²) in [4.78, 5) is 2.23. The van der Waals surface area contributed by atoms with Gasteiger partial charge in [-0.25, -0.2) is 0 Å². The van der Waals surface area contributed by atoms with E-state index in [1.54, 1.807) is 0 Å². The first-order valence-corrected chi connectivity index (χ1v) is 6.02. The van der Waals surface area contributed by atoms with E-state index < -0.39 is 0 Å². The van der Waals surface area contributed by atoms with Crippen molar-refractivity contribution in [3.8, 4) is 5.75 Å². The van der Waals surface area contributed by atoms with E-state index in [0.717, 1.165) is 25.2 Å². The summed E-state index contributed by atoms with van der Waals surface area (Å²) < 4.78 is 5.75. The molecule has 98 valence electrons. The fourth-order valence-electron chi connectivity index (χ4n) is 1.53. The molecule has 3 heteroatoms. The maximum atomic E-state index is 5.75. The first kappa shape index (κ1) is 16.3. The maximum absolute atomic E-state index is 5.75. The summed E-state index contributed by atoms with van der Waals surface area (Å²) in [5.41, 5.74) is 1.30. The van der Waals surface area contributed by atoms with Crippen LogP contribution in [0.4, 0.5) is 0 Å². The van der Waals surface area contributed by atoms with Gasteiger partial charge in [-0.2, -0.15) is 0 Å². The molecule has 0 aliphatic carbocycles. The number of hydrogen-bond acceptors (Lipinski definition) is 2. The summed E-state index contributed by atoms with van der Waals surface area (Å²) in [5.74, 6) is 1.04. The Kier molecular flexibility index (Phi) is 8.01. The van der Waals surface area contributed by atoms with E-state index >= 15 is 0 Å². The highest BCUT2D eigenvalue weighted by molar-refractivity contribution is 5.85. The zero-order chi connectivity index (χ0) is 12.0. The summed E-state index contributed by atoms with van der Waals surface area (Å²) in [6.07, 6.45) is 2.09. The molecule has 1 rings (SSSR count). The highest BCUT2D eigenvalue weighted by Gasteiger charge is 2.09. The lowest BCUT2D eigenvalue weighted by Gasteiger charge is -2.21. The minimum atomic E-state index is 0. The molecule has 0 amide bonds. The second kappa shape index (κ2) is 8.37. The summed E-state index contributed by atoms with van der Waals surface area (Å²) >= 11 is 0. The van der Waals surface area contributed by atoms with Crippen molar-refractivity contribution in [1.29, 1.82) is 0 Å². The van der Waals surface area contributed by atoms with Gasteiger partial charge in [0.05, 0.1) is 6.61 Å². The van der Waals surface area contributed by atoms with Crippen LogP contribution in [0, 0.1) is 0 Å². The Morgan fingerprint density at radius 1 is 1.24 bits per heavy atom. The summed E-state index contributed by atoms with van der Waals surface area (Å²) in [6, 6.07) is 8.87. The smallest absolute Gasteiger partial charge is 0.122 e. The van der Waals surface area contributed by atoms with Gasteiger partial charge >= 0.3 is 0 Å². The lowest BCUT2D eigenvalue weighted by Crippen LogP contribution is -2.26. The monoisotopic (exact) mass is 257 g/mol. The SMILES string of the molecule is CCCOc1ccccc1CC(C)N(C)C.Cl. The third-order valence-electron chi connectivity index (χ3n) is 2.83. The van der Waals surface area contributed by atoms with Crippen molar-refractivity contribution in [3.05, 3.63) is 29.8 Å². The van der Waals surface area contributed by atoms with Crippen LogP contribution in [0.15, 0.2) is 24.3 Å². The number of para-hydroxylation sites is 1. The molecule has 0 heterocycles. The molecule has 0 radical (unpaired) electrons. The van der Waals surface area contributed by atoms with Crippen LogP contribution < -0.4 is 4.74 Å². The Labute approximate surface area is 111 Å². The molecular formula is C14H24ClNO. The van der Waals surface area contributed by atoms with Crippen molar-refractivity contribution < 1.29 is 4.74 Å². The number of hydrogen-bond donors (Lipinski definition) is 0. The molecule has 17 heavy (non-hydrogen) atoms. The molecular weight excluding hydrogens is 234 g/mol. The Hall–Kier alpha value is -0.730. The van der Waals surface area contributed by atoms with Gasteiger partial charge in [0, 0.05) is 6.04 Å². The Balaban J connectivity index is 0.00000256. The molecule has 0 spiro atoms. The Bertz CT molecular complexity index is 315. The van der Waals surface area contributed by atoms with Gasteiger partial charge in [-0.15, -0.1) is 12.4 Å². The minimum Gasteiger partial charge on any atom is -0.493 e. The normalized spacial score (nSPS) is 12.1. The van der Waals surface area contributed by atoms with Gasteiger partial charge in [0.2, 0.25) is 0 Å². The van der Waals surface area contributed by atoms with Crippen LogP contribution in [0.2, 0.25) is 0 Å². The van der Waals surface area contributed by atoms with Crippen LogP contribution in [-0.2, 0) is 6.42 Å². The molecule has 0 saturated heterocycles. The molecule has 1 unspecified atom stereocenters. The van der Waals surface area contributed by atoms with E-state index in [0.29, 0.717) is 6.04 Å². The number of rotatable bonds is 6. The second-order valence-electron chi connectivity index (χ2n) is 4.47. The van der Waals surface area contributed by atoms with Gasteiger partial charge in [0.15, 0.2) is 0 Å². The van der Waals surface area contributed by atoms with Crippen molar-refractivity contribution >= 4 is 12.4 Å². The van der Waals surface area contributed by atoms with Gasteiger partial charge in [0.1, 0.15) is 5.75 Å². The topological polar surface area (TPSA) is 12.5 Å².